The topological polar surface area (TPSA) is 55.4 Å². The van der Waals surface area contributed by atoms with Crippen molar-refractivity contribution in [2.24, 2.45) is 0 Å². The lowest BCUT2D eigenvalue weighted by Gasteiger charge is -2.16. The molecule has 2 rings (SSSR count). The van der Waals surface area contributed by atoms with Crippen molar-refractivity contribution in [1.29, 1.82) is 0 Å². The van der Waals surface area contributed by atoms with Gasteiger partial charge >= 0.3 is 5.97 Å². The number of esters is 1. The van der Waals surface area contributed by atoms with E-state index < -0.39 is 12.0 Å². The number of hydrogen-bond donors (Lipinski definition) is 1. The normalized spacial score (nSPS) is 12.1. The van der Waals surface area contributed by atoms with Gasteiger partial charge in [-0.1, -0.05) is 68.4 Å². The number of carbonyl (C=O) groups is 2. The molecule has 0 aliphatic heterocycles. The number of nitrogens with one attached hydrogen (secondary N) is 1. The molecule has 27 heavy (non-hydrogen) atoms. The second-order valence-electron chi connectivity index (χ2n) is 6.66. The van der Waals surface area contributed by atoms with Gasteiger partial charge in [-0.15, -0.1) is 0 Å². The van der Waals surface area contributed by atoms with Gasteiger partial charge in [-0.25, -0.2) is 4.79 Å². The smallest absolute Gasteiger partial charge is 0.328 e. The Bertz CT molecular complexity index is 764. The van der Waals surface area contributed by atoms with Crippen molar-refractivity contribution in [3.8, 4) is 0 Å². The SMILES string of the molecule is CCOC(=O)[C@@H](Cc1ccccc1)NC(=O)/C=C/c1ccc(C(C)C)cc1. The number of benzene rings is 2. The first-order chi connectivity index (χ1) is 13.0. The standard InChI is InChI=1S/C23H27NO3/c1-4-27-23(26)21(16-19-8-6-5-7-9-19)24-22(25)15-12-18-10-13-20(14-11-18)17(2)3/h5-15,17,21H,4,16H2,1-3H3,(H,24,25)/b15-12+/t21-/m1/s1. The highest BCUT2D eigenvalue weighted by atomic mass is 16.5. The third-order valence-electron chi connectivity index (χ3n) is 4.20. The van der Waals surface area contributed by atoms with Crippen LogP contribution in [-0.4, -0.2) is 24.5 Å². The van der Waals surface area contributed by atoms with Gasteiger partial charge in [0, 0.05) is 12.5 Å². The fraction of sp³-hybridized carbons (Fsp3) is 0.304. The molecule has 0 spiro atoms. The summed E-state index contributed by atoms with van der Waals surface area (Å²) in [5.74, 6) is -0.282. The molecule has 0 saturated heterocycles. The van der Waals surface area contributed by atoms with Crippen LogP contribution in [0.2, 0.25) is 0 Å². The summed E-state index contributed by atoms with van der Waals surface area (Å²) in [5, 5.41) is 2.75. The predicted molar refractivity (Wildman–Crippen MR) is 108 cm³/mol. The fourth-order valence-electron chi connectivity index (χ4n) is 2.67. The summed E-state index contributed by atoms with van der Waals surface area (Å²) in [4.78, 5) is 24.5. The lowest BCUT2D eigenvalue weighted by atomic mass is 10.0. The zero-order valence-electron chi connectivity index (χ0n) is 16.1. The molecule has 0 aliphatic carbocycles. The molecule has 2 aromatic rings. The first-order valence-corrected chi connectivity index (χ1v) is 9.28. The summed E-state index contributed by atoms with van der Waals surface area (Å²) >= 11 is 0. The van der Waals surface area contributed by atoms with Crippen LogP contribution in [0, 0.1) is 0 Å². The van der Waals surface area contributed by atoms with Crippen LogP contribution in [0.1, 0.15) is 43.4 Å². The van der Waals surface area contributed by atoms with Crippen molar-refractivity contribution in [2.45, 2.75) is 39.2 Å². The molecule has 4 heteroatoms. The first kappa shape index (κ1) is 20.4. The molecule has 0 unspecified atom stereocenters. The second kappa shape index (κ2) is 10.3. The van der Waals surface area contributed by atoms with Gasteiger partial charge in [-0.05, 0) is 35.6 Å². The molecule has 0 bridgehead atoms. The minimum atomic E-state index is -0.715. The van der Waals surface area contributed by atoms with Crippen molar-refractivity contribution < 1.29 is 14.3 Å². The van der Waals surface area contributed by atoms with Gasteiger partial charge in [-0.2, -0.15) is 0 Å². The van der Waals surface area contributed by atoms with Gasteiger partial charge in [0.1, 0.15) is 6.04 Å². The van der Waals surface area contributed by atoms with E-state index in [1.54, 1.807) is 13.0 Å². The average molecular weight is 365 g/mol. The lowest BCUT2D eigenvalue weighted by Crippen LogP contribution is -2.42. The van der Waals surface area contributed by atoms with Gasteiger partial charge in [0.15, 0.2) is 0 Å². The third-order valence-corrected chi connectivity index (χ3v) is 4.20. The zero-order chi connectivity index (χ0) is 19.6. The largest absolute Gasteiger partial charge is 0.464 e. The second-order valence-corrected chi connectivity index (χ2v) is 6.66. The zero-order valence-corrected chi connectivity index (χ0v) is 16.1. The number of rotatable bonds is 8. The minimum absolute atomic E-state index is 0.276. The Balaban J connectivity index is 2.02. The number of hydrogen-bond acceptors (Lipinski definition) is 3. The summed E-state index contributed by atoms with van der Waals surface area (Å²) in [7, 11) is 0. The van der Waals surface area contributed by atoms with E-state index in [-0.39, 0.29) is 12.5 Å². The maximum Gasteiger partial charge on any atom is 0.328 e. The predicted octanol–water partition coefficient (Wildman–Crippen LogP) is 4.11. The Morgan fingerprint density at radius 2 is 1.70 bits per heavy atom. The van der Waals surface area contributed by atoms with Crippen LogP contribution in [0.15, 0.2) is 60.7 Å². The van der Waals surface area contributed by atoms with Gasteiger partial charge < -0.3 is 10.1 Å². The molecule has 4 nitrogen and oxygen atoms in total. The summed E-state index contributed by atoms with van der Waals surface area (Å²) in [6, 6.07) is 16.9. The molecule has 0 aliphatic rings. The van der Waals surface area contributed by atoms with Crippen molar-refractivity contribution >= 4 is 18.0 Å². The molecule has 1 atom stereocenters. The number of ether oxygens (including phenoxy) is 1. The van der Waals surface area contributed by atoms with Gasteiger partial charge in [0.2, 0.25) is 5.91 Å². The van der Waals surface area contributed by atoms with Crippen LogP contribution >= 0.6 is 0 Å². The van der Waals surface area contributed by atoms with Gasteiger partial charge in [0.25, 0.3) is 0 Å². The van der Waals surface area contributed by atoms with Crippen LogP contribution in [0.25, 0.3) is 6.08 Å². The summed E-state index contributed by atoms with van der Waals surface area (Å²) in [6.07, 6.45) is 3.58. The molecule has 142 valence electrons. The van der Waals surface area contributed by atoms with Crippen molar-refractivity contribution in [3.05, 3.63) is 77.4 Å². The van der Waals surface area contributed by atoms with E-state index in [1.165, 1.54) is 11.6 Å². The van der Waals surface area contributed by atoms with Crippen LogP contribution in [-0.2, 0) is 20.7 Å². The van der Waals surface area contributed by atoms with E-state index in [0.717, 1.165) is 11.1 Å². The van der Waals surface area contributed by atoms with E-state index in [1.807, 2.05) is 42.5 Å². The Hall–Kier alpha value is -2.88. The molecule has 0 fully saturated rings. The fourth-order valence-corrected chi connectivity index (χ4v) is 2.67. The van der Waals surface area contributed by atoms with E-state index >= 15 is 0 Å². The molecule has 0 heterocycles. The van der Waals surface area contributed by atoms with Crippen LogP contribution < -0.4 is 5.32 Å². The molecule has 0 aromatic heterocycles. The van der Waals surface area contributed by atoms with Crippen LogP contribution in [0.4, 0.5) is 0 Å². The number of amides is 1. The van der Waals surface area contributed by atoms with Gasteiger partial charge in [-0.3, -0.25) is 4.79 Å². The van der Waals surface area contributed by atoms with Crippen molar-refractivity contribution in [1.82, 2.24) is 5.32 Å². The van der Waals surface area contributed by atoms with E-state index in [9.17, 15) is 9.59 Å². The highest BCUT2D eigenvalue weighted by molar-refractivity contribution is 5.94. The van der Waals surface area contributed by atoms with Crippen LogP contribution in [0.3, 0.4) is 0 Å². The molecule has 1 amide bonds. The number of carbonyl (C=O) groups excluding carboxylic acids is 2. The molecule has 0 saturated carbocycles. The monoisotopic (exact) mass is 365 g/mol. The summed E-state index contributed by atoms with van der Waals surface area (Å²) < 4.78 is 5.10. The summed E-state index contributed by atoms with van der Waals surface area (Å²) in [6.45, 7) is 6.30. The van der Waals surface area contributed by atoms with Gasteiger partial charge in [0.05, 0.1) is 6.61 Å². The molecule has 1 N–H and O–H groups in total. The molecule has 0 radical (unpaired) electrons. The van der Waals surface area contributed by atoms with Crippen molar-refractivity contribution in [2.75, 3.05) is 6.61 Å². The maximum atomic E-state index is 12.3. The summed E-state index contributed by atoms with van der Waals surface area (Å²) in [5.41, 5.74) is 3.15. The molecule has 2 aromatic carbocycles. The quantitative estimate of drug-likeness (QED) is 0.566. The molecular weight excluding hydrogens is 338 g/mol. The lowest BCUT2D eigenvalue weighted by molar-refractivity contribution is -0.146. The Morgan fingerprint density at radius 3 is 2.30 bits per heavy atom. The van der Waals surface area contributed by atoms with Crippen molar-refractivity contribution in [3.63, 3.8) is 0 Å². The Kier molecular flexibility index (Phi) is 7.80. The highest BCUT2D eigenvalue weighted by Crippen LogP contribution is 2.15. The van der Waals surface area contributed by atoms with E-state index in [4.69, 9.17) is 4.74 Å². The minimum Gasteiger partial charge on any atom is -0.464 e. The third kappa shape index (κ3) is 6.74. The average Bonchev–Trinajstić information content (AvgIpc) is 2.67. The van der Waals surface area contributed by atoms with E-state index in [2.05, 4.69) is 31.3 Å². The maximum absolute atomic E-state index is 12.3. The Labute approximate surface area is 161 Å². The highest BCUT2D eigenvalue weighted by Gasteiger charge is 2.21. The Morgan fingerprint density at radius 1 is 1.04 bits per heavy atom. The molecular formula is C23H27NO3. The van der Waals surface area contributed by atoms with Crippen LogP contribution in [0.5, 0.6) is 0 Å². The van der Waals surface area contributed by atoms with E-state index in [0.29, 0.717) is 12.3 Å². The first-order valence-electron chi connectivity index (χ1n) is 9.28.